The molecule has 4 atom stereocenters. The summed E-state index contributed by atoms with van der Waals surface area (Å²) in [7, 11) is -1.33. The average molecular weight is 621 g/mol. The van der Waals surface area contributed by atoms with Crippen LogP contribution < -0.4 is 0 Å². The van der Waals surface area contributed by atoms with E-state index in [0.717, 1.165) is 22.7 Å². The third-order valence-electron chi connectivity index (χ3n) is 7.92. The maximum atomic E-state index is 13.2. The van der Waals surface area contributed by atoms with Crippen molar-refractivity contribution < 1.29 is 28.5 Å². The predicted octanol–water partition coefficient (Wildman–Crippen LogP) is 8.80. The van der Waals surface area contributed by atoms with Crippen LogP contribution in [-0.2, 0) is 18.9 Å². The van der Waals surface area contributed by atoms with Crippen LogP contribution >= 0.6 is 0 Å². The summed E-state index contributed by atoms with van der Waals surface area (Å²) in [4.78, 5) is 26.3. The molecule has 0 radical (unpaired) electrons. The van der Waals surface area contributed by atoms with Gasteiger partial charge in [0.15, 0.2) is 5.79 Å². The van der Waals surface area contributed by atoms with E-state index in [0.29, 0.717) is 30.1 Å². The molecule has 240 valence electrons. The molecule has 0 saturated carbocycles. The number of carbonyl (C=O) groups is 2. The van der Waals surface area contributed by atoms with Gasteiger partial charge >= 0.3 is 11.9 Å². The Labute approximate surface area is 265 Å². The minimum atomic E-state index is -1.33. The van der Waals surface area contributed by atoms with Gasteiger partial charge in [-0.15, -0.1) is 0 Å². The summed E-state index contributed by atoms with van der Waals surface area (Å²) >= 11 is 0. The monoisotopic (exact) mass is 620 g/mol. The standard InChI is InChI=1S/C37H52O6Si/c1-25(2)27(4)19-20-31(41-35(38)29-15-12-11-13-16-29)34-32(42-37(6,7)43-34)18-14-17-30-24-26(3)23-28(5)33(30)36(39)40-21-22-44(8,9)10/h11-17,19-20,23-25,27,31-32,34H,18,21-22H2,1-10H3/b17-14+,20-19-/t27-,31?,32-,34-/m1/s1. The van der Waals surface area contributed by atoms with Crippen LogP contribution in [0.3, 0.4) is 0 Å². The second-order valence-electron chi connectivity index (χ2n) is 14.0. The van der Waals surface area contributed by atoms with E-state index < -0.39 is 32.0 Å². The van der Waals surface area contributed by atoms with Crippen LogP contribution in [0.4, 0.5) is 0 Å². The molecule has 0 spiro atoms. The van der Waals surface area contributed by atoms with Crippen molar-refractivity contribution in [2.24, 2.45) is 11.8 Å². The van der Waals surface area contributed by atoms with Crippen molar-refractivity contribution in [2.75, 3.05) is 6.61 Å². The van der Waals surface area contributed by atoms with E-state index in [2.05, 4.69) is 46.5 Å². The number of rotatable bonds is 13. The van der Waals surface area contributed by atoms with Crippen molar-refractivity contribution in [1.82, 2.24) is 0 Å². The Morgan fingerprint density at radius 2 is 1.66 bits per heavy atom. The first-order valence-electron chi connectivity index (χ1n) is 15.8. The summed E-state index contributed by atoms with van der Waals surface area (Å²) in [6.45, 7) is 21.4. The molecule has 1 unspecified atom stereocenters. The Morgan fingerprint density at radius 3 is 2.30 bits per heavy atom. The van der Waals surface area contributed by atoms with E-state index in [1.807, 2.05) is 76.3 Å². The zero-order valence-electron chi connectivity index (χ0n) is 28.3. The molecule has 0 N–H and O–H groups in total. The molecule has 7 heteroatoms. The summed E-state index contributed by atoms with van der Waals surface area (Å²) in [5, 5.41) is 0. The molecule has 0 aliphatic carbocycles. The maximum Gasteiger partial charge on any atom is 0.338 e. The molecule has 0 aromatic heterocycles. The van der Waals surface area contributed by atoms with Crippen LogP contribution in [0.1, 0.15) is 78.4 Å². The number of hydrogen-bond acceptors (Lipinski definition) is 6. The Balaban J connectivity index is 1.86. The smallest absolute Gasteiger partial charge is 0.338 e. The van der Waals surface area contributed by atoms with E-state index in [1.165, 1.54) is 0 Å². The number of carbonyl (C=O) groups excluding carboxylic acids is 2. The fourth-order valence-corrected chi connectivity index (χ4v) is 5.79. The highest BCUT2D eigenvalue weighted by Gasteiger charge is 2.45. The molecule has 1 heterocycles. The van der Waals surface area contributed by atoms with Crippen LogP contribution in [0.25, 0.3) is 6.08 Å². The molecule has 3 rings (SSSR count). The summed E-state index contributed by atoms with van der Waals surface area (Å²) in [6.07, 6.45) is 6.94. The van der Waals surface area contributed by atoms with Crippen LogP contribution in [0.15, 0.2) is 60.7 Å². The highest BCUT2D eigenvalue weighted by Crippen LogP contribution is 2.34. The van der Waals surface area contributed by atoms with Gasteiger partial charge in [0, 0.05) is 8.07 Å². The lowest BCUT2D eigenvalue weighted by molar-refractivity contribution is -0.152. The largest absolute Gasteiger partial charge is 0.462 e. The van der Waals surface area contributed by atoms with Crippen LogP contribution in [0, 0.1) is 25.7 Å². The van der Waals surface area contributed by atoms with Gasteiger partial charge in [-0.1, -0.05) is 94.5 Å². The lowest BCUT2D eigenvalue weighted by Gasteiger charge is -2.25. The Morgan fingerprint density at radius 1 is 0.977 bits per heavy atom. The number of esters is 2. The van der Waals surface area contributed by atoms with E-state index in [1.54, 1.807) is 12.1 Å². The molecule has 1 aliphatic rings. The van der Waals surface area contributed by atoms with Crippen molar-refractivity contribution in [3.8, 4) is 0 Å². The topological polar surface area (TPSA) is 71.1 Å². The Kier molecular flexibility index (Phi) is 12.4. The summed E-state index contributed by atoms with van der Waals surface area (Å²) in [5.41, 5.74) is 3.84. The highest BCUT2D eigenvalue weighted by molar-refractivity contribution is 6.76. The molecule has 1 saturated heterocycles. The zero-order chi connectivity index (χ0) is 32.7. The van der Waals surface area contributed by atoms with Gasteiger partial charge in [0.25, 0.3) is 0 Å². The van der Waals surface area contributed by atoms with Gasteiger partial charge in [-0.05, 0) is 81.3 Å². The van der Waals surface area contributed by atoms with Gasteiger partial charge in [0.05, 0.1) is 23.8 Å². The van der Waals surface area contributed by atoms with Crippen molar-refractivity contribution in [2.45, 2.75) is 105 Å². The van der Waals surface area contributed by atoms with Crippen LogP contribution in [0.5, 0.6) is 0 Å². The highest BCUT2D eigenvalue weighted by atomic mass is 28.3. The van der Waals surface area contributed by atoms with Crippen LogP contribution in [0.2, 0.25) is 25.7 Å². The van der Waals surface area contributed by atoms with E-state index >= 15 is 0 Å². The third-order valence-corrected chi connectivity index (χ3v) is 9.62. The van der Waals surface area contributed by atoms with E-state index in [4.69, 9.17) is 18.9 Å². The SMILES string of the molecule is Cc1cc(C)c(C(=O)OCC[Si](C)(C)C)c(/C=C/C[C@H]2OC(C)(C)O[C@@H]2C(/C=C\[C@@H](C)C(C)C)OC(=O)c2ccccc2)c1. The summed E-state index contributed by atoms with van der Waals surface area (Å²) in [6, 6.07) is 13.9. The molecule has 0 amide bonds. The second-order valence-corrected chi connectivity index (χ2v) is 19.6. The molecule has 44 heavy (non-hydrogen) atoms. The van der Waals surface area contributed by atoms with Gasteiger partial charge in [-0.3, -0.25) is 0 Å². The molecule has 2 aromatic rings. The minimum absolute atomic E-state index is 0.287. The Bertz CT molecular complexity index is 1320. The maximum absolute atomic E-state index is 13.2. The molecule has 1 fully saturated rings. The number of hydrogen-bond donors (Lipinski definition) is 0. The normalized spacial score (nSPS) is 19.9. The van der Waals surface area contributed by atoms with Crippen molar-refractivity contribution in [3.63, 3.8) is 0 Å². The van der Waals surface area contributed by atoms with E-state index in [-0.39, 0.29) is 18.0 Å². The van der Waals surface area contributed by atoms with Crippen molar-refractivity contribution in [1.29, 1.82) is 0 Å². The molecule has 1 aliphatic heterocycles. The van der Waals surface area contributed by atoms with Gasteiger partial charge in [-0.2, -0.15) is 0 Å². The first-order valence-corrected chi connectivity index (χ1v) is 19.5. The minimum Gasteiger partial charge on any atom is -0.462 e. The van der Waals surface area contributed by atoms with Gasteiger partial charge < -0.3 is 18.9 Å². The van der Waals surface area contributed by atoms with E-state index in [9.17, 15) is 9.59 Å². The van der Waals surface area contributed by atoms with Gasteiger partial charge in [-0.25, -0.2) is 9.59 Å². The number of aryl methyl sites for hydroxylation is 2. The molecule has 0 bridgehead atoms. The zero-order valence-corrected chi connectivity index (χ0v) is 29.3. The Hall–Kier alpha value is -3.00. The quantitative estimate of drug-likeness (QED) is 0.127. The van der Waals surface area contributed by atoms with Crippen molar-refractivity contribution in [3.05, 3.63) is 88.5 Å². The fourth-order valence-electron chi connectivity index (χ4n) is 5.07. The third kappa shape index (κ3) is 10.6. The van der Waals surface area contributed by atoms with Gasteiger partial charge in [0.1, 0.15) is 12.2 Å². The lowest BCUT2D eigenvalue weighted by atomic mass is 9.95. The molecule has 6 nitrogen and oxygen atoms in total. The average Bonchev–Trinajstić information content (AvgIpc) is 3.23. The first kappa shape index (κ1) is 35.5. The number of allylic oxidation sites excluding steroid dienone is 1. The van der Waals surface area contributed by atoms with Crippen LogP contribution in [-0.4, -0.2) is 50.7 Å². The van der Waals surface area contributed by atoms with Gasteiger partial charge in [0.2, 0.25) is 0 Å². The summed E-state index contributed by atoms with van der Waals surface area (Å²) in [5.74, 6) is -0.842. The van der Waals surface area contributed by atoms with Crippen molar-refractivity contribution >= 4 is 26.1 Å². The number of ether oxygens (including phenoxy) is 4. The molecular formula is C37H52O6Si. The molecular weight excluding hydrogens is 568 g/mol. The first-order chi connectivity index (χ1) is 20.6. The predicted molar refractivity (Wildman–Crippen MR) is 181 cm³/mol. The second kappa shape index (κ2) is 15.3. The summed E-state index contributed by atoms with van der Waals surface area (Å²) < 4.78 is 24.5. The number of benzene rings is 2. The lowest BCUT2D eigenvalue weighted by Crippen LogP contribution is -2.37. The molecule has 2 aromatic carbocycles. The fraction of sp³-hybridized carbons (Fsp3) is 0.514.